The van der Waals surface area contributed by atoms with E-state index >= 15 is 0 Å². The summed E-state index contributed by atoms with van der Waals surface area (Å²) in [6, 6.07) is 4.76. The van der Waals surface area contributed by atoms with Crippen molar-refractivity contribution in [2.24, 2.45) is 5.73 Å². The van der Waals surface area contributed by atoms with Crippen molar-refractivity contribution < 1.29 is 5.11 Å². The predicted molar refractivity (Wildman–Crippen MR) is 54.1 cm³/mol. The molecule has 5 heteroatoms. The monoisotopic (exact) mass is 209 g/mol. The Morgan fingerprint density at radius 3 is 2.86 bits per heavy atom. The minimum atomic E-state index is 0.142. The van der Waals surface area contributed by atoms with Gasteiger partial charge in [-0.15, -0.1) is 5.10 Å². The molecule has 0 aliphatic rings. The molecule has 0 bridgehead atoms. The van der Waals surface area contributed by atoms with Gasteiger partial charge in [-0.25, -0.2) is 0 Å². The number of aromatic hydroxyl groups is 1. The molecule has 0 saturated heterocycles. The summed E-state index contributed by atoms with van der Waals surface area (Å²) in [5, 5.41) is 18.2. The van der Waals surface area contributed by atoms with E-state index in [2.05, 4.69) is 10.2 Å². The number of aromatic nitrogens is 2. The normalized spacial score (nSPS) is 10.7. The molecule has 0 saturated carbocycles. The highest BCUT2D eigenvalue weighted by Crippen LogP contribution is 2.26. The van der Waals surface area contributed by atoms with Crippen molar-refractivity contribution in [2.45, 2.75) is 6.54 Å². The molecule has 0 aliphatic heterocycles. The molecule has 0 fully saturated rings. The fourth-order valence-corrected chi connectivity index (χ4v) is 1.51. The Labute approximate surface area is 85.3 Å². The summed E-state index contributed by atoms with van der Waals surface area (Å²) in [5.74, 6) is 0.142. The Hall–Kier alpha value is -1.39. The first-order chi connectivity index (χ1) is 6.72. The Bertz CT molecular complexity index is 487. The van der Waals surface area contributed by atoms with Gasteiger partial charge in [-0.1, -0.05) is 11.6 Å². The zero-order valence-corrected chi connectivity index (χ0v) is 7.99. The Morgan fingerprint density at radius 2 is 2.14 bits per heavy atom. The summed E-state index contributed by atoms with van der Waals surface area (Å²) in [4.78, 5) is 0. The Morgan fingerprint density at radius 1 is 1.36 bits per heavy atom. The lowest BCUT2D eigenvalue weighted by molar-refractivity contribution is 0.476. The minimum absolute atomic E-state index is 0.142. The van der Waals surface area contributed by atoms with Crippen molar-refractivity contribution in [1.29, 1.82) is 0 Å². The summed E-state index contributed by atoms with van der Waals surface area (Å²) in [6.45, 7) is 0.253. The van der Waals surface area contributed by atoms with Crippen LogP contribution in [-0.4, -0.2) is 15.3 Å². The second-order valence-corrected chi connectivity index (χ2v) is 3.24. The van der Waals surface area contributed by atoms with Gasteiger partial charge in [0.2, 0.25) is 0 Å². The molecule has 1 aromatic heterocycles. The van der Waals surface area contributed by atoms with Crippen LogP contribution in [0.3, 0.4) is 0 Å². The molecule has 2 rings (SSSR count). The molecule has 1 heterocycles. The van der Waals surface area contributed by atoms with E-state index in [0.29, 0.717) is 16.2 Å². The standard InChI is InChI=1S/C9H8ClN3O/c10-9-6-2-1-5(14)3-7(6)12-13-8(9)4-11/h1-3,14H,4,11H2. The molecule has 0 aliphatic carbocycles. The van der Waals surface area contributed by atoms with Gasteiger partial charge in [-0.3, -0.25) is 0 Å². The van der Waals surface area contributed by atoms with Crippen LogP contribution in [0.5, 0.6) is 5.75 Å². The van der Waals surface area contributed by atoms with Crippen LogP contribution in [0.15, 0.2) is 18.2 Å². The molecule has 2 aromatic rings. The predicted octanol–water partition coefficient (Wildman–Crippen LogP) is 1.45. The molecule has 0 radical (unpaired) electrons. The number of nitrogens with two attached hydrogens (primary N) is 1. The van der Waals surface area contributed by atoms with Crippen molar-refractivity contribution in [2.75, 3.05) is 0 Å². The average Bonchev–Trinajstić information content (AvgIpc) is 2.18. The molecule has 4 nitrogen and oxygen atoms in total. The highest BCUT2D eigenvalue weighted by atomic mass is 35.5. The number of phenolic OH excluding ortho intramolecular Hbond substituents is 1. The topological polar surface area (TPSA) is 72.0 Å². The molecule has 72 valence electrons. The second kappa shape index (κ2) is 3.40. The van der Waals surface area contributed by atoms with Crippen LogP contribution in [0.25, 0.3) is 10.9 Å². The summed E-state index contributed by atoms with van der Waals surface area (Å²) >= 11 is 6.03. The lowest BCUT2D eigenvalue weighted by atomic mass is 10.2. The number of nitrogens with zero attached hydrogens (tertiary/aromatic N) is 2. The van der Waals surface area contributed by atoms with Gasteiger partial charge in [-0.05, 0) is 12.1 Å². The van der Waals surface area contributed by atoms with E-state index in [1.165, 1.54) is 6.07 Å². The number of halogens is 1. The van der Waals surface area contributed by atoms with E-state index in [1.807, 2.05) is 0 Å². The molecule has 0 spiro atoms. The van der Waals surface area contributed by atoms with Crippen LogP contribution in [0, 0.1) is 0 Å². The lowest BCUT2D eigenvalue weighted by Crippen LogP contribution is -2.02. The van der Waals surface area contributed by atoms with E-state index in [4.69, 9.17) is 17.3 Å². The number of rotatable bonds is 1. The van der Waals surface area contributed by atoms with Crippen LogP contribution in [-0.2, 0) is 6.54 Å². The summed E-state index contributed by atoms with van der Waals surface area (Å²) in [7, 11) is 0. The smallest absolute Gasteiger partial charge is 0.117 e. The average molecular weight is 210 g/mol. The van der Waals surface area contributed by atoms with Crippen molar-refractivity contribution in [3.63, 3.8) is 0 Å². The van der Waals surface area contributed by atoms with Gasteiger partial charge >= 0.3 is 0 Å². The largest absolute Gasteiger partial charge is 0.508 e. The maximum atomic E-state index is 9.21. The molecule has 14 heavy (non-hydrogen) atoms. The van der Waals surface area contributed by atoms with Gasteiger partial charge in [-0.2, -0.15) is 5.10 Å². The van der Waals surface area contributed by atoms with Gasteiger partial charge in [0, 0.05) is 18.0 Å². The molecule has 3 N–H and O–H groups in total. The fourth-order valence-electron chi connectivity index (χ4n) is 1.23. The zero-order chi connectivity index (χ0) is 10.1. The molecule has 0 unspecified atom stereocenters. The fraction of sp³-hybridized carbons (Fsp3) is 0.111. The molecular weight excluding hydrogens is 202 g/mol. The van der Waals surface area contributed by atoms with Gasteiger partial charge in [0.15, 0.2) is 0 Å². The van der Waals surface area contributed by atoms with Gasteiger partial charge < -0.3 is 10.8 Å². The quantitative estimate of drug-likeness (QED) is 0.746. The SMILES string of the molecule is NCc1nnc2cc(O)ccc2c1Cl. The van der Waals surface area contributed by atoms with Crippen LogP contribution in [0.1, 0.15) is 5.69 Å². The summed E-state index contributed by atoms with van der Waals surface area (Å²) < 4.78 is 0. The maximum Gasteiger partial charge on any atom is 0.117 e. The van der Waals surface area contributed by atoms with Gasteiger partial charge in [0.05, 0.1) is 16.2 Å². The van der Waals surface area contributed by atoms with E-state index < -0.39 is 0 Å². The van der Waals surface area contributed by atoms with Crippen molar-refractivity contribution in [3.8, 4) is 5.75 Å². The van der Waals surface area contributed by atoms with Crippen molar-refractivity contribution >= 4 is 22.5 Å². The van der Waals surface area contributed by atoms with Crippen molar-refractivity contribution in [1.82, 2.24) is 10.2 Å². The number of hydrogen-bond donors (Lipinski definition) is 2. The summed E-state index contributed by atoms with van der Waals surface area (Å²) in [6.07, 6.45) is 0. The highest BCUT2D eigenvalue weighted by molar-refractivity contribution is 6.35. The molecular formula is C9H8ClN3O. The third-order valence-electron chi connectivity index (χ3n) is 1.94. The number of hydrogen-bond acceptors (Lipinski definition) is 4. The van der Waals surface area contributed by atoms with E-state index in [9.17, 15) is 5.11 Å². The molecule has 0 amide bonds. The third-order valence-corrected chi connectivity index (χ3v) is 2.36. The molecule has 1 aromatic carbocycles. The summed E-state index contributed by atoms with van der Waals surface area (Å²) in [5.41, 5.74) is 6.56. The maximum absolute atomic E-state index is 9.21. The highest BCUT2D eigenvalue weighted by Gasteiger charge is 2.07. The van der Waals surface area contributed by atoms with Crippen LogP contribution >= 0.6 is 11.6 Å². The first-order valence-corrected chi connectivity index (χ1v) is 4.44. The first-order valence-electron chi connectivity index (χ1n) is 4.06. The Kier molecular flexibility index (Phi) is 2.23. The van der Waals surface area contributed by atoms with Gasteiger partial charge in [0.25, 0.3) is 0 Å². The number of fused-ring (bicyclic) bond motifs is 1. The first kappa shape index (κ1) is 9.18. The van der Waals surface area contributed by atoms with Crippen LogP contribution < -0.4 is 5.73 Å². The minimum Gasteiger partial charge on any atom is -0.508 e. The lowest BCUT2D eigenvalue weighted by Gasteiger charge is -2.03. The van der Waals surface area contributed by atoms with Crippen LogP contribution in [0.4, 0.5) is 0 Å². The van der Waals surface area contributed by atoms with Crippen LogP contribution in [0.2, 0.25) is 5.02 Å². The van der Waals surface area contributed by atoms with E-state index in [-0.39, 0.29) is 12.3 Å². The third kappa shape index (κ3) is 1.38. The number of benzene rings is 1. The second-order valence-electron chi connectivity index (χ2n) is 2.87. The van der Waals surface area contributed by atoms with Crippen molar-refractivity contribution in [3.05, 3.63) is 28.9 Å². The van der Waals surface area contributed by atoms with E-state index in [0.717, 1.165) is 5.39 Å². The zero-order valence-electron chi connectivity index (χ0n) is 7.24. The number of phenols is 1. The Balaban J connectivity index is 2.77. The van der Waals surface area contributed by atoms with E-state index in [1.54, 1.807) is 12.1 Å². The van der Waals surface area contributed by atoms with Gasteiger partial charge in [0.1, 0.15) is 5.75 Å². The molecule has 0 atom stereocenters.